The van der Waals surface area contributed by atoms with Crippen LogP contribution >= 0.6 is 0 Å². The summed E-state index contributed by atoms with van der Waals surface area (Å²) in [7, 11) is 0. The van der Waals surface area contributed by atoms with E-state index < -0.39 is 0 Å². The van der Waals surface area contributed by atoms with Gasteiger partial charge in [0.2, 0.25) is 0 Å². The van der Waals surface area contributed by atoms with Crippen molar-refractivity contribution in [3.8, 4) is 0 Å². The Morgan fingerprint density at radius 2 is 2.17 bits per heavy atom. The second-order valence-electron chi connectivity index (χ2n) is 6.64. The lowest BCUT2D eigenvalue weighted by Gasteiger charge is -2.31. The largest absolute Gasteiger partial charge is 0.337 e. The van der Waals surface area contributed by atoms with E-state index in [4.69, 9.17) is 0 Å². The van der Waals surface area contributed by atoms with E-state index in [1.165, 1.54) is 0 Å². The Balaban J connectivity index is 1.50. The molecule has 6 nitrogen and oxygen atoms in total. The zero-order valence-corrected chi connectivity index (χ0v) is 13.3. The molecule has 2 aromatic rings. The van der Waals surface area contributed by atoms with Gasteiger partial charge in [-0.1, -0.05) is 0 Å². The number of carbonyl (C=O) groups is 1. The van der Waals surface area contributed by atoms with Crippen LogP contribution in [-0.2, 0) is 0 Å². The SMILES string of the molecule is Cc1cc(C2CCCN(C(=O)c3ccnc(C4CC4)n3)C2)n[nH]1. The number of likely N-dealkylation sites (tertiary alicyclic amines) is 1. The summed E-state index contributed by atoms with van der Waals surface area (Å²) in [5, 5.41) is 7.36. The molecule has 2 aliphatic rings. The molecule has 6 heteroatoms. The molecule has 4 rings (SSSR count). The van der Waals surface area contributed by atoms with E-state index in [-0.39, 0.29) is 5.91 Å². The average Bonchev–Trinajstić information content (AvgIpc) is 3.36. The predicted octanol–water partition coefficient (Wildman–Crippen LogP) is 2.41. The second-order valence-corrected chi connectivity index (χ2v) is 6.64. The Morgan fingerprint density at radius 3 is 2.91 bits per heavy atom. The molecule has 0 spiro atoms. The first-order valence-corrected chi connectivity index (χ1v) is 8.35. The molecule has 2 aromatic heterocycles. The molecular formula is C17H21N5O. The molecule has 0 radical (unpaired) electrons. The van der Waals surface area contributed by atoms with Crippen LogP contribution in [0.15, 0.2) is 18.3 Å². The monoisotopic (exact) mass is 311 g/mol. The summed E-state index contributed by atoms with van der Waals surface area (Å²) in [6, 6.07) is 3.81. The molecule has 1 aliphatic carbocycles. The van der Waals surface area contributed by atoms with Crippen molar-refractivity contribution >= 4 is 5.91 Å². The molecule has 1 atom stereocenters. The molecule has 1 amide bonds. The van der Waals surface area contributed by atoms with E-state index in [1.54, 1.807) is 12.3 Å². The molecule has 0 aromatic carbocycles. The van der Waals surface area contributed by atoms with E-state index in [0.29, 0.717) is 24.1 Å². The van der Waals surface area contributed by atoms with Crippen molar-refractivity contribution in [1.29, 1.82) is 0 Å². The fourth-order valence-corrected chi connectivity index (χ4v) is 3.24. The van der Waals surface area contributed by atoms with Crippen molar-refractivity contribution in [3.05, 3.63) is 41.2 Å². The third kappa shape index (κ3) is 2.98. The number of carbonyl (C=O) groups excluding carboxylic acids is 1. The third-order valence-electron chi connectivity index (χ3n) is 4.69. The number of aromatic amines is 1. The van der Waals surface area contributed by atoms with Crippen LogP contribution in [-0.4, -0.2) is 44.1 Å². The van der Waals surface area contributed by atoms with Crippen LogP contribution in [0.3, 0.4) is 0 Å². The first-order valence-electron chi connectivity index (χ1n) is 8.35. The van der Waals surface area contributed by atoms with Crippen LogP contribution in [0.25, 0.3) is 0 Å². The summed E-state index contributed by atoms with van der Waals surface area (Å²) in [4.78, 5) is 23.5. The standard InChI is InChI=1S/C17H21N5O/c1-11-9-15(21-20-11)13-3-2-8-22(10-13)17(23)14-6-7-18-16(19-14)12-4-5-12/h6-7,9,12-13H,2-5,8,10H2,1H3,(H,20,21). The topological polar surface area (TPSA) is 74.8 Å². The van der Waals surface area contributed by atoms with Crippen LogP contribution in [0.4, 0.5) is 0 Å². The lowest BCUT2D eigenvalue weighted by atomic mass is 9.94. The summed E-state index contributed by atoms with van der Waals surface area (Å²) in [5.74, 6) is 1.62. The second kappa shape index (κ2) is 5.76. The van der Waals surface area contributed by atoms with Gasteiger partial charge in [0.15, 0.2) is 0 Å². The molecule has 0 bridgehead atoms. The number of nitrogens with one attached hydrogen (secondary N) is 1. The van der Waals surface area contributed by atoms with Crippen molar-refractivity contribution in [1.82, 2.24) is 25.1 Å². The van der Waals surface area contributed by atoms with Crippen LogP contribution < -0.4 is 0 Å². The zero-order valence-electron chi connectivity index (χ0n) is 13.3. The number of aryl methyl sites for hydroxylation is 1. The molecule has 2 fully saturated rings. The molecule has 1 unspecified atom stereocenters. The van der Waals surface area contributed by atoms with Crippen molar-refractivity contribution in [2.45, 2.75) is 44.4 Å². The van der Waals surface area contributed by atoms with Crippen molar-refractivity contribution < 1.29 is 4.79 Å². The zero-order chi connectivity index (χ0) is 15.8. The first kappa shape index (κ1) is 14.4. The molecule has 1 saturated carbocycles. The minimum Gasteiger partial charge on any atom is -0.337 e. The van der Waals surface area contributed by atoms with Crippen molar-refractivity contribution in [2.24, 2.45) is 0 Å². The van der Waals surface area contributed by atoms with Gasteiger partial charge >= 0.3 is 0 Å². The van der Waals surface area contributed by atoms with Gasteiger partial charge in [-0.2, -0.15) is 5.10 Å². The van der Waals surface area contributed by atoms with E-state index in [1.807, 2.05) is 11.8 Å². The number of aromatic nitrogens is 4. The van der Waals surface area contributed by atoms with Gasteiger partial charge in [0.1, 0.15) is 11.5 Å². The summed E-state index contributed by atoms with van der Waals surface area (Å²) in [5.41, 5.74) is 2.65. The Morgan fingerprint density at radius 1 is 1.30 bits per heavy atom. The van der Waals surface area contributed by atoms with Gasteiger partial charge in [-0.3, -0.25) is 9.89 Å². The van der Waals surface area contributed by atoms with Crippen molar-refractivity contribution in [2.75, 3.05) is 13.1 Å². The number of nitrogens with zero attached hydrogens (tertiary/aromatic N) is 4. The number of hydrogen-bond donors (Lipinski definition) is 1. The number of rotatable bonds is 3. The number of amides is 1. The normalized spacial score (nSPS) is 21.4. The fourth-order valence-electron chi connectivity index (χ4n) is 3.24. The van der Waals surface area contributed by atoms with Crippen LogP contribution in [0.1, 0.15) is 65.2 Å². The molecular weight excluding hydrogens is 290 g/mol. The molecule has 1 saturated heterocycles. The van der Waals surface area contributed by atoms with Gasteiger partial charge in [0.05, 0.1) is 5.69 Å². The summed E-state index contributed by atoms with van der Waals surface area (Å²) < 4.78 is 0. The van der Waals surface area contributed by atoms with Crippen LogP contribution in [0, 0.1) is 6.92 Å². The summed E-state index contributed by atoms with van der Waals surface area (Å²) in [6.07, 6.45) is 6.07. The van der Waals surface area contributed by atoms with E-state index >= 15 is 0 Å². The Labute approximate surface area is 135 Å². The molecule has 23 heavy (non-hydrogen) atoms. The van der Waals surface area contributed by atoms with Gasteiger partial charge in [0, 0.05) is 36.8 Å². The maximum Gasteiger partial charge on any atom is 0.272 e. The third-order valence-corrected chi connectivity index (χ3v) is 4.69. The van der Waals surface area contributed by atoms with E-state index in [2.05, 4.69) is 26.2 Å². The highest BCUT2D eigenvalue weighted by atomic mass is 16.2. The Hall–Kier alpha value is -2.24. The molecule has 3 heterocycles. The van der Waals surface area contributed by atoms with Crippen LogP contribution in [0.5, 0.6) is 0 Å². The fraction of sp³-hybridized carbons (Fsp3) is 0.529. The first-order chi connectivity index (χ1) is 11.2. The lowest BCUT2D eigenvalue weighted by Crippen LogP contribution is -2.39. The van der Waals surface area contributed by atoms with Crippen LogP contribution in [0.2, 0.25) is 0 Å². The maximum atomic E-state index is 12.8. The highest BCUT2D eigenvalue weighted by Crippen LogP contribution is 2.37. The molecule has 120 valence electrons. The summed E-state index contributed by atoms with van der Waals surface area (Å²) in [6.45, 7) is 3.51. The number of piperidine rings is 1. The van der Waals surface area contributed by atoms with Gasteiger partial charge in [0.25, 0.3) is 5.91 Å². The highest BCUT2D eigenvalue weighted by molar-refractivity contribution is 5.92. The van der Waals surface area contributed by atoms with E-state index in [9.17, 15) is 4.79 Å². The Kier molecular flexibility index (Phi) is 3.59. The molecule has 1 N–H and O–H groups in total. The average molecular weight is 311 g/mol. The molecule has 1 aliphatic heterocycles. The Bertz CT molecular complexity index is 721. The van der Waals surface area contributed by atoms with Gasteiger partial charge in [-0.05, 0) is 44.7 Å². The number of hydrogen-bond acceptors (Lipinski definition) is 4. The number of H-pyrrole nitrogens is 1. The smallest absolute Gasteiger partial charge is 0.272 e. The minimum atomic E-state index is 0.0197. The van der Waals surface area contributed by atoms with Crippen molar-refractivity contribution in [3.63, 3.8) is 0 Å². The highest BCUT2D eigenvalue weighted by Gasteiger charge is 2.30. The van der Waals surface area contributed by atoms with E-state index in [0.717, 1.165) is 49.4 Å². The van der Waals surface area contributed by atoms with Gasteiger partial charge < -0.3 is 4.90 Å². The quantitative estimate of drug-likeness (QED) is 0.944. The summed E-state index contributed by atoms with van der Waals surface area (Å²) >= 11 is 0. The predicted molar refractivity (Wildman–Crippen MR) is 85.2 cm³/mol. The van der Waals surface area contributed by atoms with Gasteiger partial charge in [-0.25, -0.2) is 9.97 Å². The maximum absolute atomic E-state index is 12.8. The minimum absolute atomic E-state index is 0.0197. The van der Waals surface area contributed by atoms with Gasteiger partial charge in [-0.15, -0.1) is 0 Å². The lowest BCUT2D eigenvalue weighted by molar-refractivity contribution is 0.0699.